The van der Waals surface area contributed by atoms with Crippen LogP contribution < -0.4 is 10.0 Å². The highest BCUT2D eigenvalue weighted by molar-refractivity contribution is 7.89. The molecular formula is C10H16N4O3S3. The van der Waals surface area contributed by atoms with Crippen LogP contribution in [0.1, 0.15) is 6.92 Å². The zero-order chi connectivity index (χ0) is 14.8. The van der Waals surface area contributed by atoms with Crippen molar-refractivity contribution in [1.82, 2.24) is 14.1 Å². The van der Waals surface area contributed by atoms with Crippen LogP contribution in [0.15, 0.2) is 16.6 Å². The number of anilines is 1. The fourth-order valence-electron chi connectivity index (χ4n) is 1.69. The molecule has 0 aliphatic heterocycles. The molecule has 1 unspecified atom stereocenters. The maximum atomic E-state index is 12.4. The van der Waals surface area contributed by atoms with E-state index in [-0.39, 0.29) is 17.3 Å². The number of nitrogens with zero attached hydrogens (tertiary/aromatic N) is 2. The van der Waals surface area contributed by atoms with E-state index in [0.29, 0.717) is 17.3 Å². The second-order valence-electron chi connectivity index (χ2n) is 4.03. The highest BCUT2D eigenvalue weighted by Gasteiger charge is 2.25. The molecule has 0 radical (unpaired) electrons. The van der Waals surface area contributed by atoms with E-state index in [1.807, 2.05) is 6.92 Å². The molecule has 0 saturated heterocycles. The zero-order valence-electron chi connectivity index (χ0n) is 11.1. The molecule has 0 amide bonds. The molecule has 0 aliphatic carbocycles. The highest BCUT2D eigenvalue weighted by Crippen LogP contribution is 2.25. The second kappa shape index (κ2) is 6.20. The van der Waals surface area contributed by atoms with E-state index in [1.165, 1.54) is 22.0 Å². The van der Waals surface area contributed by atoms with Crippen LogP contribution in [0.25, 0.3) is 4.96 Å². The molecule has 2 aromatic heterocycles. The third kappa shape index (κ3) is 3.19. The number of nitrogens with one attached hydrogen (secondary N) is 2. The van der Waals surface area contributed by atoms with E-state index < -0.39 is 20.8 Å². The van der Waals surface area contributed by atoms with Crippen molar-refractivity contribution in [1.29, 1.82) is 0 Å². The van der Waals surface area contributed by atoms with E-state index in [1.54, 1.807) is 11.6 Å². The van der Waals surface area contributed by atoms with E-state index >= 15 is 0 Å². The lowest BCUT2D eigenvalue weighted by molar-refractivity contribution is 0.579. The number of sulfonamides is 1. The highest BCUT2D eigenvalue weighted by atomic mass is 32.2. The summed E-state index contributed by atoms with van der Waals surface area (Å²) < 4.78 is 39.7. The SMILES string of the molecule is CCNc1nc2sccn2c1S(=O)(=O)NCCS(C)=O. The van der Waals surface area contributed by atoms with Gasteiger partial charge in [-0.05, 0) is 6.92 Å². The molecule has 0 fully saturated rings. The summed E-state index contributed by atoms with van der Waals surface area (Å²) in [7, 11) is -4.74. The summed E-state index contributed by atoms with van der Waals surface area (Å²) >= 11 is 1.36. The van der Waals surface area contributed by atoms with Gasteiger partial charge >= 0.3 is 0 Å². The molecule has 2 rings (SSSR count). The van der Waals surface area contributed by atoms with Crippen LogP contribution in [0.5, 0.6) is 0 Å². The van der Waals surface area contributed by atoms with Crippen molar-refractivity contribution < 1.29 is 12.6 Å². The zero-order valence-corrected chi connectivity index (χ0v) is 13.6. The molecule has 1 atom stereocenters. The van der Waals surface area contributed by atoms with Gasteiger partial charge < -0.3 is 5.32 Å². The number of aromatic nitrogens is 2. The number of rotatable bonds is 7. The minimum atomic E-state index is -3.70. The lowest BCUT2D eigenvalue weighted by atomic mass is 10.6. The van der Waals surface area contributed by atoms with Gasteiger partial charge in [-0.25, -0.2) is 18.1 Å². The Kier molecular flexibility index (Phi) is 4.78. The fraction of sp³-hybridized carbons (Fsp3) is 0.500. The fourth-order valence-corrected chi connectivity index (χ4v) is 4.27. The van der Waals surface area contributed by atoms with Crippen LogP contribution in [-0.4, -0.2) is 47.1 Å². The van der Waals surface area contributed by atoms with Gasteiger partial charge in [0.15, 0.2) is 15.8 Å². The van der Waals surface area contributed by atoms with Crippen LogP contribution in [0.4, 0.5) is 5.82 Å². The van der Waals surface area contributed by atoms with Gasteiger partial charge in [-0.15, -0.1) is 11.3 Å². The number of hydrogen-bond acceptors (Lipinski definition) is 6. The van der Waals surface area contributed by atoms with Gasteiger partial charge in [-0.3, -0.25) is 8.61 Å². The number of imidazole rings is 1. The number of fused-ring (bicyclic) bond motifs is 1. The minimum Gasteiger partial charge on any atom is -0.368 e. The summed E-state index contributed by atoms with van der Waals surface area (Å²) in [6, 6.07) is 0. The van der Waals surface area contributed by atoms with Crippen molar-refractivity contribution in [2.24, 2.45) is 0 Å². The van der Waals surface area contributed by atoms with Gasteiger partial charge in [-0.2, -0.15) is 0 Å². The lowest BCUT2D eigenvalue weighted by Crippen LogP contribution is -2.29. The Labute approximate surface area is 123 Å². The van der Waals surface area contributed by atoms with Crippen molar-refractivity contribution in [3.05, 3.63) is 11.6 Å². The molecule has 0 bridgehead atoms. The summed E-state index contributed by atoms with van der Waals surface area (Å²) in [6.45, 7) is 2.58. The predicted molar refractivity (Wildman–Crippen MR) is 81.4 cm³/mol. The van der Waals surface area contributed by atoms with Crippen molar-refractivity contribution in [3.63, 3.8) is 0 Å². The Bertz CT molecular complexity index is 719. The van der Waals surface area contributed by atoms with Gasteiger partial charge in [-0.1, -0.05) is 0 Å². The van der Waals surface area contributed by atoms with Gasteiger partial charge in [0.05, 0.1) is 0 Å². The van der Waals surface area contributed by atoms with E-state index in [0.717, 1.165) is 0 Å². The van der Waals surface area contributed by atoms with E-state index in [2.05, 4.69) is 15.0 Å². The molecule has 2 heterocycles. The first kappa shape index (κ1) is 15.4. The van der Waals surface area contributed by atoms with Crippen molar-refractivity contribution >= 4 is 42.9 Å². The number of hydrogen-bond donors (Lipinski definition) is 2. The van der Waals surface area contributed by atoms with Crippen LogP contribution in [0.2, 0.25) is 0 Å². The van der Waals surface area contributed by atoms with Gasteiger partial charge in [0.2, 0.25) is 0 Å². The van der Waals surface area contributed by atoms with Crippen LogP contribution in [-0.2, 0) is 20.8 Å². The van der Waals surface area contributed by atoms with Gasteiger partial charge in [0.1, 0.15) is 0 Å². The summed E-state index contributed by atoms with van der Waals surface area (Å²) in [4.78, 5) is 4.87. The monoisotopic (exact) mass is 336 g/mol. The Hall–Kier alpha value is -0.970. The molecular weight excluding hydrogens is 320 g/mol. The Balaban J connectivity index is 2.35. The molecule has 0 aromatic carbocycles. The first-order valence-corrected chi connectivity index (χ1v) is 10.0. The topological polar surface area (TPSA) is 92.6 Å². The molecule has 7 nitrogen and oxygen atoms in total. The summed E-state index contributed by atoms with van der Waals surface area (Å²) in [6.07, 6.45) is 3.20. The lowest BCUT2D eigenvalue weighted by Gasteiger charge is -2.07. The molecule has 112 valence electrons. The molecule has 2 aromatic rings. The van der Waals surface area contributed by atoms with Crippen LogP contribution >= 0.6 is 11.3 Å². The summed E-state index contributed by atoms with van der Waals surface area (Å²) in [5, 5.41) is 4.82. The van der Waals surface area contributed by atoms with Gasteiger partial charge in [0.25, 0.3) is 10.0 Å². The third-order valence-electron chi connectivity index (χ3n) is 2.50. The second-order valence-corrected chi connectivity index (χ2v) is 8.14. The average Bonchev–Trinajstić information content (AvgIpc) is 2.87. The third-order valence-corrected chi connectivity index (χ3v) is 5.52. The standard InChI is InChI=1S/C10H16N4O3S3/c1-3-11-8-9(14-5-6-18-10(14)13-8)20(16,17)12-4-7-19(2)15/h5-6,11-12H,3-4,7H2,1-2H3. The molecule has 0 spiro atoms. The molecule has 0 saturated carbocycles. The van der Waals surface area contributed by atoms with Crippen molar-refractivity contribution in [2.75, 3.05) is 30.4 Å². The molecule has 20 heavy (non-hydrogen) atoms. The molecule has 0 aliphatic rings. The maximum absolute atomic E-state index is 12.4. The first-order chi connectivity index (χ1) is 9.45. The summed E-state index contributed by atoms with van der Waals surface area (Å²) in [5.74, 6) is 0.617. The van der Waals surface area contributed by atoms with Crippen LogP contribution in [0.3, 0.4) is 0 Å². The number of thiazole rings is 1. The van der Waals surface area contributed by atoms with Crippen molar-refractivity contribution in [2.45, 2.75) is 11.9 Å². The maximum Gasteiger partial charge on any atom is 0.260 e. The minimum absolute atomic E-state index is 0.0949. The normalized spacial score (nSPS) is 13.7. The van der Waals surface area contributed by atoms with Crippen LogP contribution in [0, 0.1) is 0 Å². The predicted octanol–water partition coefficient (Wildman–Crippen LogP) is 0.484. The Morgan fingerprint density at radius 3 is 2.90 bits per heavy atom. The average molecular weight is 336 g/mol. The van der Waals surface area contributed by atoms with Gasteiger partial charge in [0, 0.05) is 47.5 Å². The summed E-state index contributed by atoms with van der Waals surface area (Å²) in [5.41, 5.74) is 0. The van der Waals surface area contributed by atoms with Crippen molar-refractivity contribution in [3.8, 4) is 0 Å². The Morgan fingerprint density at radius 1 is 1.50 bits per heavy atom. The van der Waals surface area contributed by atoms with E-state index in [9.17, 15) is 12.6 Å². The smallest absolute Gasteiger partial charge is 0.260 e. The molecule has 2 N–H and O–H groups in total. The van der Waals surface area contributed by atoms with E-state index in [4.69, 9.17) is 0 Å². The first-order valence-electron chi connectivity index (χ1n) is 5.95. The quantitative estimate of drug-likeness (QED) is 0.767. The largest absolute Gasteiger partial charge is 0.368 e. The Morgan fingerprint density at radius 2 is 2.25 bits per heavy atom. The molecule has 10 heteroatoms.